The highest BCUT2D eigenvalue weighted by molar-refractivity contribution is 5.45. The molecule has 12 heavy (non-hydrogen) atoms. The van der Waals surface area contributed by atoms with Crippen molar-refractivity contribution in [1.29, 1.82) is 0 Å². The Morgan fingerprint density at radius 1 is 1.58 bits per heavy atom. The Morgan fingerprint density at radius 3 is 3.08 bits per heavy atom. The van der Waals surface area contributed by atoms with E-state index in [0.717, 1.165) is 12.2 Å². The lowest BCUT2D eigenvalue weighted by atomic mass is 10.2. The van der Waals surface area contributed by atoms with Gasteiger partial charge in [-0.3, -0.25) is 4.98 Å². The number of likely N-dealkylation sites (N-methyl/N-ethyl adjacent to an activating group) is 1. The molecule has 64 valence electrons. The van der Waals surface area contributed by atoms with Gasteiger partial charge in [-0.1, -0.05) is 6.08 Å². The van der Waals surface area contributed by atoms with E-state index in [0.29, 0.717) is 0 Å². The summed E-state index contributed by atoms with van der Waals surface area (Å²) in [6.07, 6.45) is 5.90. The first kappa shape index (κ1) is 8.94. The maximum atomic E-state index is 4.20. The van der Waals surface area contributed by atoms with Crippen LogP contribution in [0.3, 0.4) is 0 Å². The molecule has 2 heteroatoms. The lowest BCUT2D eigenvalue weighted by Crippen LogP contribution is -2.03. The Bertz CT molecular complexity index is 266. The summed E-state index contributed by atoms with van der Waals surface area (Å²) in [6.45, 7) is 2.95. The average molecular weight is 162 g/mol. The summed E-state index contributed by atoms with van der Waals surface area (Å²) in [4.78, 5) is 4.20. The van der Waals surface area contributed by atoms with Gasteiger partial charge in [-0.15, -0.1) is 0 Å². The van der Waals surface area contributed by atoms with E-state index in [9.17, 15) is 0 Å². The van der Waals surface area contributed by atoms with Crippen LogP contribution in [0.1, 0.15) is 11.3 Å². The molecule has 0 aliphatic carbocycles. The van der Waals surface area contributed by atoms with Crippen LogP contribution in [0.5, 0.6) is 0 Å². The highest BCUT2D eigenvalue weighted by Gasteiger charge is 1.86. The van der Waals surface area contributed by atoms with Crippen LogP contribution in [-0.2, 0) is 0 Å². The van der Waals surface area contributed by atoms with E-state index < -0.39 is 0 Å². The molecular formula is C10H14N2. The lowest BCUT2D eigenvalue weighted by Gasteiger charge is -1.94. The van der Waals surface area contributed by atoms with Gasteiger partial charge in [0.25, 0.3) is 0 Å². The minimum Gasteiger partial charge on any atom is -0.316 e. The predicted molar refractivity (Wildman–Crippen MR) is 51.9 cm³/mol. The summed E-state index contributed by atoms with van der Waals surface area (Å²) < 4.78 is 0. The summed E-state index contributed by atoms with van der Waals surface area (Å²) in [6, 6.07) is 4.06. The molecule has 0 unspecified atom stereocenters. The standard InChI is InChI=1S/C10H14N2/c1-9-5-7-12-10(8-9)4-3-6-11-2/h3-5,7-8,11H,6H2,1-2H3. The monoisotopic (exact) mass is 162 g/mol. The zero-order valence-corrected chi connectivity index (χ0v) is 7.54. The lowest BCUT2D eigenvalue weighted by molar-refractivity contribution is 0.922. The summed E-state index contributed by atoms with van der Waals surface area (Å²) in [5, 5.41) is 3.04. The van der Waals surface area contributed by atoms with E-state index in [1.54, 1.807) is 0 Å². The van der Waals surface area contributed by atoms with Gasteiger partial charge in [-0.2, -0.15) is 0 Å². The highest BCUT2D eigenvalue weighted by atomic mass is 14.8. The van der Waals surface area contributed by atoms with Gasteiger partial charge in [0.15, 0.2) is 0 Å². The Hall–Kier alpha value is -1.15. The number of rotatable bonds is 3. The number of aryl methyl sites for hydroxylation is 1. The third-order valence-corrected chi connectivity index (χ3v) is 1.55. The smallest absolute Gasteiger partial charge is 0.0629 e. The van der Waals surface area contributed by atoms with Crippen molar-refractivity contribution in [2.24, 2.45) is 0 Å². The van der Waals surface area contributed by atoms with Crippen molar-refractivity contribution >= 4 is 6.08 Å². The number of nitrogens with zero attached hydrogens (tertiary/aromatic N) is 1. The van der Waals surface area contributed by atoms with E-state index in [4.69, 9.17) is 0 Å². The van der Waals surface area contributed by atoms with Gasteiger partial charge in [-0.05, 0) is 37.7 Å². The van der Waals surface area contributed by atoms with Gasteiger partial charge >= 0.3 is 0 Å². The molecule has 0 aliphatic heterocycles. The van der Waals surface area contributed by atoms with Crippen LogP contribution in [0, 0.1) is 6.92 Å². The molecule has 0 aromatic carbocycles. The largest absolute Gasteiger partial charge is 0.316 e. The summed E-state index contributed by atoms with van der Waals surface area (Å²) in [7, 11) is 1.92. The number of hydrogen-bond donors (Lipinski definition) is 1. The Kier molecular flexibility index (Phi) is 3.48. The molecule has 1 heterocycles. The van der Waals surface area contributed by atoms with Gasteiger partial charge in [0.2, 0.25) is 0 Å². The molecule has 0 aliphatic rings. The third kappa shape index (κ3) is 2.84. The molecule has 0 spiro atoms. The normalized spacial score (nSPS) is 10.8. The van der Waals surface area contributed by atoms with Crippen molar-refractivity contribution in [3.8, 4) is 0 Å². The maximum absolute atomic E-state index is 4.20. The second-order valence-corrected chi connectivity index (χ2v) is 2.72. The van der Waals surface area contributed by atoms with Crippen LogP contribution in [0.4, 0.5) is 0 Å². The molecule has 2 nitrogen and oxygen atoms in total. The van der Waals surface area contributed by atoms with Crippen molar-refractivity contribution in [2.75, 3.05) is 13.6 Å². The summed E-state index contributed by atoms with van der Waals surface area (Å²) in [5.41, 5.74) is 2.26. The number of hydrogen-bond acceptors (Lipinski definition) is 2. The fourth-order valence-corrected chi connectivity index (χ4v) is 0.948. The number of pyridine rings is 1. The minimum absolute atomic E-state index is 0.885. The Balaban J connectivity index is 2.63. The molecule has 0 bridgehead atoms. The predicted octanol–water partition coefficient (Wildman–Crippen LogP) is 1.62. The fraction of sp³-hybridized carbons (Fsp3) is 0.300. The quantitative estimate of drug-likeness (QED) is 0.730. The zero-order valence-electron chi connectivity index (χ0n) is 7.54. The van der Waals surface area contributed by atoms with Crippen LogP contribution in [-0.4, -0.2) is 18.6 Å². The molecule has 1 aromatic rings. The maximum Gasteiger partial charge on any atom is 0.0629 e. The summed E-state index contributed by atoms with van der Waals surface area (Å²) in [5.74, 6) is 0. The molecule has 1 aromatic heterocycles. The van der Waals surface area contributed by atoms with E-state index >= 15 is 0 Å². The minimum atomic E-state index is 0.885. The van der Waals surface area contributed by atoms with Gasteiger partial charge in [-0.25, -0.2) is 0 Å². The van der Waals surface area contributed by atoms with E-state index in [1.807, 2.05) is 25.4 Å². The fourth-order valence-electron chi connectivity index (χ4n) is 0.948. The SMILES string of the molecule is CNCC=Cc1cc(C)ccn1. The van der Waals surface area contributed by atoms with Crippen molar-refractivity contribution in [3.05, 3.63) is 35.7 Å². The molecule has 0 atom stereocenters. The first-order chi connectivity index (χ1) is 5.83. The average Bonchev–Trinajstić information content (AvgIpc) is 2.05. The molecule has 0 saturated carbocycles. The molecule has 0 fully saturated rings. The zero-order chi connectivity index (χ0) is 8.81. The van der Waals surface area contributed by atoms with Crippen LogP contribution >= 0.6 is 0 Å². The number of aromatic nitrogens is 1. The second-order valence-electron chi connectivity index (χ2n) is 2.72. The third-order valence-electron chi connectivity index (χ3n) is 1.55. The van der Waals surface area contributed by atoms with Crippen molar-refractivity contribution in [3.63, 3.8) is 0 Å². The van der Waals surface area contributed by atoms with Crippen LogP contribution < -0.4 is 5.32 Å². The van der Waals surface area contributed by atoms with E-state index in [1.165, 1.54) is 5.56 Å². The van der Waals surface area contributed by atoms with Crippen molar-refractivity contribution < 1.29 is 0 Å². The van der Waals surface area contributed by atoms with Crippen molar-refractivity contribution in [2.45, 2.75) is 6.92 Å². The summed E-state index contributed by atoms with van der Waals surface area (Å²) >= 11 is 0. The Morgan fingerprint density at radius 2 is 2.42 bits per heavy atom. The highest BCUT2D eigenvalue weighted by Crippen LogP contribution is 2.00. The van der Waals surface area contributed by atoms with Crippen LogP contribution in [0.15, 0.2) is 24.4 Å². The molecular weight excluding hydrogens is 148 g/mol. The first-order valence-electron chi connectivity index (χ1n) is 4.06. The molecule has 1 N–H and O–H groups in total. The molecule has 0 amide bonds. The molecule has 0 saturated heterocycles. The second kappa shape index (κ2) is 4.67. The van der Waals surface area contributed by atoms with Crippen molar-refractivity contribution in [1.82, 2.24) is 10.3 Å². The number of nitrogens with one attached hydrogen (secondary N) is 1. The topological polar surface area (TPSA) is 24.9 Å². The molecule has 1 rings (SSSR count). The van der Waals surface area contributed by atoms with Gasteiger partial charge in [0, 0.05) is 12.7 Å². The van der Waals surface area contributed by atoms with Crippen LogP contribution in [0.2, 0.25) is 0 Å². The van der Waals surface area contributed by atoms with Gasteiger partial charge < -0.3 is 5.32 Å². The Labute approximate surface area is 73.3 Å². The van der Waals surface area contributed by atoms with E-state index in [-0.39, 0.29) is 0 Å². The first-order valence-corrected chi connectivity index (χ1v) is 4.06. The van der Waals surface area contributed by atoms with Gasteiger partial charge in [0.05, 0.1) is 5.69 Å². The van der Waals surface area contributed by atoms with Gasteiger partial charge in [0.1, 0.15) is 0 Å². The van der Waals surface area contributed by atoms with Crippen LogP contribution in [0.25, 0.3) is 6.08 Å². The van der Waals surface area contributed by atoms with E-state index in [2.05, 4.69) is 29.4 Å². The molecule has 0 radical (unpaired) electrons.